The zero-order chi connectivity index (χ0) is 14.4. The normalized spacial score (nSPS) is 18.4. The minimum atomic E-state index is -0.559. The Morgan fingerprint density at radius 2 is 2.35 bits per heavy atom. The van der Waals surface area contributed by atoms with Crippen LogP contribution in [0.25, 0.3) is 0 Å². The second-order valence-electron chi connectivity index (χ2n) is 4.25. The fourth-order valence-corrected chi connectivity index (χ4v) is 1.75. The van der Waals surface area contributed by atoms with Crippen LogP contribution in [0.5, 0.6) is 5.75 Å². The molecule has 0 spiro atoms. The minimum absolute atomic E-state index is 0.0871. The number of nitrogens with one attached hydrogen (secondary N) is 2. The van der Waals surface area contributed by atoms with Crippen molar-refractivity contribution in [2.45, 2.75) is 6.10 Å². The Morgan fingerprint density at radius 3 is 3.00 bits per heavy atom. The number of methoxy groups -OCH3 is 1. The first-order valence-corrected chi connectivity index (χ1v) is 6.27. The standard InChI is InChI=1S/C13H17FN2O4/c1-18-9-2-3-12(11(14)6-9)16-13(17)15-7-10-8-19-4-5-20-10/h2-3,6,10H,4-5,7-8H2,1H3,(H2,15,16,17)/t10-/m0/s1. The number of halogens is 1. The topological polar surface area (TPSA) is 68.8 Å². The number of hydrogen-bond donors (Lipinski definition) is 2. The molecule has 20 heavy (non-hydrogen) atoms. The van der Waals surface area contributed by atoms with Crippen LogP contribution in [0.2, 0.25) is 0 Å². The van der Waals surface area contributed by atoms with Gasteiger partial charge in [-0.1, -0.05) is 0 Å². The van der Waals surface area contributed by atoms with Gasteiger partial charge in [0.2, 0.25) is 0 Å². The molecule has 0 aliphatic carbocycles. The molecular formula is C13H17FN2O4. The molecule has 2 N–H and O–H groups in total. The van der Waals surface area contributed by atoms with Crippen molar-refractivity contribution in [1.29, 1.82) is 0 Å². The highest BCUT2D eigenvalue weighted by molar-refractivity contribution is 5.89. The molecular weight excluding hydrogens is 267 g/mol. The van der Waals surface area contributed by atoms with E-state index in [-0.39, 0.29) is 11.8 Å². The molecule has 0 saturated carbocycles. The van der Waals surface area contributed by atoms with Gasteiger partial charge < -0.3 is 24.8 Å². The highest BCUT2D eigenvalue weighted by atomic mass is 19.1. The van der Waals surface area contributed by atoms with Crippen molar-refractivity contribution in [3.05, 3.63) is 24.0 Å². The zero-order valence-electron chi connectivity index (χ0n) is 11.1. The molecule has 1 atom stereocenters. The summed E-state index contributed by atoms with van der Waals surface area (Å²) in [4.78, 5) is 11.6. The summed E-state index contributed by atoms with van der Waals surface area (Å²) >= 11 is 0. The first kappa shape index (κ1) is 14.5. The lowest BCUT2D eigenvalue weighted by atomic mass is 10.3. The average molecular weight is 284 g/mol. The van der Waals surface area contributed by atoms with Crippen molar-refractivity contribution in [3.63, 3.8) is 0 Å². The van der Waals surface area contributed by atoms with Crippen LogP contribution in [-0.4, -0.2) is 45.6 Å². The van der Waals surface area contributed by atoms with Crippen molar-refractivity contribution in [3.8, 4) is 5.75 Å². The van der Waals surface area contributed by atoms with E-state index in [9.17, 15) is 9.18 Å². The predicted octanol–water partition coefficient (Wildman–Crippen LogP) is 1.37. The molecule has 0 radical (unpaired) electrons. The van der Waals surface area contributed by atoms with Gasteiger partial charge in [0.1, 0.15) is 11.6 Å². The van der Waals surface area contributed by atoms with Gasteiger partial charge in [-0.15, -0.1) is 0 Å². The number of benzene rings is 1. The molecule has 1 aromatic carbocycles. The van der Waals surface area contributed by atoms with E-state index in [0.717, 1.165) is 0 Å². The largest absolute Gasteiger partial charge is 0.497 e. The summed E-state index contributed by atoms with van der Waals surface area (Å²) in [5, 5.41) is 5.03. The van der Waals surface area contributed by atoms with Crippen LogP contribution >= 0.6 is 0 Å². The highest BCUT2D eigenvalue weighted by Crippen LogP contribution is 2.20. The summed E-state index contributed by atoms with van der Waals surface area (Å²) < 4.78 is 29.1. The third-order valence-electron chi connectivity index (χ3n) is 2.80. The Balaban J connectivity index is 1.81. The maximum absolute atomic E-state index is 13.6. The maximum Gasteiger partial charge on any atom is 0.319 e. The molecule has 0 bridgehead atoms. The van der Waals surface area contributed by atoms with Crippen LogP contribution in [0.15, 0.2) is 18.2 Å². The minimum Gasteiger partial charge on any atom is -0.497 e. The van der Waals surface area contributed by atoms with Crippen LogP contribution in [0, 0.1) is 5.82 Å². The number of rotatable bonds is 4. The number of amides is 2. The Bertz CT molecular complexity index is 464. The Kier molecular flexibility index (Phi) is 5.14. The van der Waals surface area contributed by atoms with Gasteiger partial charge >= 0.3 is 6.03 Å². The van der Waals surface area contributed by atoms with Crippen LogP contribution in [-0.2, 0) is 9.47 Å². The Hall–Kier alpha value is -1.86. The van der Waals surface area contributed by atoms with E-state index in [2.05, 4.69) is 10.6 Å². The van der Waals surface area contributed by atoms with E-state index in [1.807, 2.05) is 0 Å². The van der Waals surface area contributed by atoms with Gasteiger partial charge in [0.25, 0.3) is 0 Å². The monoisotopic (exact) mass is 284 g/mol. The van der Waals surface area contributed by atoms with E-state index >= 15 is 0 Å². The van der Waals surface area contributed by atoms with Gasteiger partial charge in [-0.2, -0.15) is 0 Å². The maximum atomic E-state index is 13.6. The Labute approximate surface area is 116 Å². The van der Waals surface area contributed by atoms with Gasteiger partial charge in [0.05, 0.1) is 38.7 Å². The molecule has 6 nitrogen and oxygen atoms in total. The number of carbonyl (C=O) groups is 1. The molecule has 2 rings (SSSR count). The third-order valence-corrected chi connectivity index (χ3v) is 2.80. The van der Waals surface area contributed by atoms with E-state index in [4.69, 9.17) is 14.2 Å². The number of carbonyl (C=O) groups excluding carboxylic acids is 1. The van der Waals surface area contributed by atoms with Gasteiger partial charge in [-0.25, -0.2) is 9.18 Å². The molecule has 7 heteroatoms. The predicted molar refractivity (Wildman–Crippen MR) is 70.5 cm³/mol. The van der Waals surface area contributed by atoms with E-state index in [0.29, 0.717) is 32.1 Å². The van der Waals surface area contributed by atoms with Gasteiger partial charge in [-0.05, 0) is 12.1 Å². The van der Waals surface area contributed by atoms with Crippen molar-refractivity contribution in [2.24, 2.45) is 0 Å². The van der Waals surface area contributed by atoms with Crippen LogP contribution < -0.4 is 15.4 Å². The number of anilines is 1. The lowest BCUT2D eigenvalue weighted by Crippen LogP contribution is -2.41. The number of urea groups is 1. The molecule has 110 valence electrons. The summed E-state index contributed by atoms with van der Waals surface area (Å²) in [6.07, 6.45) is -0.171. The SMILES string of the molecule is COc1ccc(NC(=O)NC[C@H]2COCCO2)c(F)c1. The van der Waals surface area contributed by atoms with Gasteiger partial charge in [-0.3, -0.25) is 0 Å². The fourth-order valence-electron chi connectivity index (χ4n) is 1.75. The molecule has 0 unspecified atom stereocenters. The lowest BCUT2D eigenvalue weighted by Gasteiger charge is -2.23. The summed E-state index contributed by atoms with van der Waals surface area (Å²) in [7, 11) is 1.45. The highest BCUT2D eigenvalue weighted by Gasteiger charge is 2.15. The van der Waals surface area contributed by atoms with E-state index in [1.165, 1.54) is 19.2 Å². The summed E-state index contributed by atoms with van der Waals surface area (Å²) in [5.41, 5.74) is 0.0871. The quantitative estimate of drug-likeness (QED) is 0.876. The number of hydrogen-bond acceptors (Lipinski definition) is 4. The van der Waals surface area contributed by atoms with E-state index < -0.39 is 11.8 Å². The fraction of sp³-hybridized carbons (Fsp3) is 0.462. The van der Waals surface area contributed by atoms with Crippen molar-refractivity contribution in [2.75, 3.05) is 38.8 Å². The summed E-state index contributed by atoms with van der Waals surface area (Å²) in [5.74, 6) is -0.169. The van der Waals surface area contributed by atoms with Crippen molar-refractivity contribution in [1.82, 2.24) is 5.32 Å². The smallest absolute Gasteiger partial charge is 0.319 e. The number of ether oxygens (including phenoxy) is 3. The van der Waals surface area contributed by atoms with Crippen LogP contribution in [0.4, 0.5) is 14.9 Å². The van der Waals surface area contributed by atoms with Crippen molar-refractivity contribution >= 4 is 11.7 Å². The summed E-state index contributed by atoms with van der Waals surface area (Å²) in [6.45, 7) is 1.83. The van der Waals surface area contributed by atoms with Gasteiger partial charge in [0.15, 0.2) is 0 Å². The molecule has 1 fully saturated rings. The average Bonchev–Trinajstić information content (AvgIpc) is 2.48. The molecule has 1 aliphatic rings. The van der Waals surface area contributed by atoms with Crippen LogP contribution in [0.1, 0.15) is 0 Å². The van der Waals surface area contributed by atoms with Crippen LogP contribution in [0.3, 0.4) is 0 Å². The molecule has 1 aliphatic heterocycles. The Morgan fingerprint density at radius 1 is 1.50 bits per heavy atom. The third kappa shape index (κ3) is 4.07. The lowest BCUT2D eigenvalue weighted by molar-refractivity contribution is -0.0852. The second-order valence-corrected chi connectivity index (χ2v) is 4.25. The van der Waals surface area contributed by atoms with Gasteiger partial charge in [0, 0.05) is 12.6 Å². The second kappa shape index (κ2) is 7.06. The summed E-state index contributed by atoms with van der Waals surface area (Å²) in [6, 6.07) is 3.71. The molecule has 1 aromatic rings. The first-order valence-electron chi connectivity index (χ1n) is 6.27. The molecule has 1 heterocycles. The molecule has 0 aromatic heterocycles. The zero-order valence-corrected chi connectivity index (χ0v) is 11.1. The molecule has 2 amide bonds. The van der Waals surface area contributed by atoms with Crippen molar-refractivity contribution < 1.29 is 23.4 Å². The van der Waals surface area contributed by atoms with E-state index in [1.54, 1.807) is 6.07 Å². The molecule has 1 saturated heterocycles. The first-order chi connectivity index (χ1) is 9.69.